The lowest BCUT2D eigenvalue weighted by Crippen LogP contribution is -2.32. The van der Waals surface area contributed by atoms with E-state index in [-0.39, 0.29) is 17.3 Å². The molecule has 1 saturated heterocycles. The van der Waals surface area contributed by atoms with Gasteiger partial charge in [0.1, 0.15) is 5.82 Å². The van der Waals surface area contributed by atoms with Crippen LogP contribution in [-0.4, -0.2) is 30.8 Å². The zero-order valence-corrected chi connectivity index (χ0v) is 14.0. The molecule has 0 bridgehead atoms. The molecule has 0 spiro atoms. The van der Waals surface area contributed by atoms with Gasteiger partial charge < -0.3 is 15.3 Å². The summed E-state index contributed by atoms with van der Waals surface area (Å²) >= 11 is 0. The Morgan fingerprint density at radius 2 is 2.00 bits per heavy atom. The summed E-state index contributed by atoms with van der Waals surface area (Å²) in [6.07, 6.45) is 2.79. The van der Waals surface area contributed by atoms with Crippen molar-refractivity contribution < 1.29 is 9.50 Å². The van der Waals surface area contributed by atoms with Crippen LogP contribution in [-0.2, 0) is 6.54 Å². The number of halogens is 1. The SMILES string of the molecule is CC(O)CC(C)(C)CNCc1c(F)cccc1N1CCCC1. The number of nitrogens with one attached hydrogen (secondary N) is 1. The van der Waals surface area contributed by atoms with Crippen LogP contribution in [0.1, 0.15) is 45.6 Å². The third-order valence-corrected chi connectivity index (χ3v) is 4.29. The maximum absolute atomic E-state index is 14.2. The van der Waals surface area contributed by atoms with E-state index in [1.165, 1.54) is 18.9 Å². The molecule has 2 N–H and O–H groups in total. The Labute approximate surface area is 133 Å². The van der Waals surface area contributed by atoms with E-state index in [4.69, 9.17) is 0 Å². The summed E-state index contributed by atoms with van der Waals surface area (Å²) < 4.78 is 14.2. The van der Waals surface area contributed by atoms with Crippen LogP contribution in [0.5, 0.6) is 0 Å². The summed E-state index contributed by atoms with van der Waals surface area (Å²) in [5.74, 6) is -0.134. The normalized spacial score (nSPS) is 17.0. The Hall–Kier alpha value is -1.13. The molecule has 3 nitrogen and oxygen atoms in total. The van der Waals surface area contributed by atoms with Crippen molar-refractivity contribution in [2.75, 3.05) is 24.5 Å². The first-order chi connectivity index (χ1) is 10.4. The summed E-state index contributed by atoms with van der Waals surface area (Å²) in [5, 5.41) is 12.9. The minimum Gasteiger partial charge on any atom is -0.393 e. The van der Waals surface area contributed by atoms with Gasteiger partial charge in [-0.2, -0.15) is 0 Å². The largest absolute Gasteiger partial charge is 0.393 e. The lowest BCUT2D eigenvalue weighted by molar-refractivity contribution is 0.128. The molecule has 0 aliphatic carbocycles. The second kappa shape index (κ2) is 7.42. The highest BCUT2D eigenvalue weighted by molar-refractivity contribution is 5.54. The second-order valence-corrected chi connectivity index (χ2v) is 7.25. The third-order valence-electron chi connectivity index (χ3n) is 4.29. The fraction of sp³-hybridized carbons (Fsp3) is 0.667. The first kappa shape index (κ1) is 17.2. The molecule has 1 fully saturated rings. The Bertz CT molecular complexity index is 482. The highest BCUT2D eigenvalue weighted by Gasteiger charge is 2.21. The molecule has 0 saturated carbocycles. The number of rotatable bonds is 7. The quantitative estimate of drug-likeness (QED) is 0.811. The fourth-order valence-corrected chi connectivity index (χ4v) is 3.37. The summed E-state index contributed by atoms with van der Waals surface area (Å²) in [6, 6.07) is 5.35. The van der Waals surface area contributed by atoms with Gasteiger partial charge in [-0.25, -0.2) is 4.39 Å². The van der Waals surface area contributed by atoms with Crippen molar-refractivity contribution in [2.45, 2.75) is 52.7 Å². The number of hydrogen-bond donors (Lipinski definition) is 2. The molecule has 1 atom stereocenters. The van der Waals surface area contributed by atoms with E-state index in [1.54, 1.807) is 6.07 Å². The first-order valence-corrected chi connectivity index (χ1v) is 8.30. The number of benzene rings is 1. The molecule has 1 heterocycles. The second-order valence-electron chi connectivity index (χ2n) is 7.25. The van der Waals surface area contributed by atoms with E-state index < -0.39 is 0 Å². The number of aliphatic hydroxyl groups is 1. The Kier molecular flexibility index (Phi) is 5.81. The average molecular weight is 308 g/mol. The molecular formula is C18H29FN2O. The number of anilines is 1. The van der Waals surface area contributed by atoms with Crippen LogP contribution < -0.4 is 10.2 Å². The standard InChI is InChI=1S/C18H29FN2O/c1-14(22)11-18(2,3)13-20-12-15-16(19)7-6-8-17(15)21-9-4-5-10-21/h6-8,14,20,22H,4-5,9-13H2,1-3H3. The van der Waals surface area contributed by atoms with Crippen LogP contribution in [0.25, 0.3) is 0 Å². The molecule has 22 heavy (non-hydrogen) atoms. The zero-order chi connectivity index (χ0) is 16.2. The van der Waals surface area contributed by atoms with Crippen LogP contribution in [0.2, 0.25) is 0 Å². The van der Waals surface area contributed by atoms with Gasteiger partial charge in [0.05, 0.1) is 6.10 Å². The number of hydrogen-bond acceptors (Lipinski definition) is 3. The Morgan fingerprint density at radius 3 is 2.64 bits per heavy atom. The molecule has 1 aromatic carbocycles. The highest BCUT2D eigenvalue weighted by atomic mass is 19.1. The van der Waals surface area contributed by atoms with Crippen molar-refractivity contribution in [3.8, 4) is 0 Å². The first-order valence-electron chi connectivity index (χ1n) is 8.30. The molecule has 4 heteroatoms. The Morgan fingerprint density at radius 1 is 1.32 bits per heavy atom. The highest BCUT2D eigenvalue weighted by Crippen LogP contribution is 2.27. The molecule has 1 aliphatic rings. The van der Waals surface area contributed by atoms with Crippen molar-refractivity contribution in [2.24, 2.45) is 5.41 Å². The number of aliphatic hydroxyl groups excluding tert-OH is 1. The predicted molar refractivity (Wildman–Crippen MR) is 89.6 cm³/mol. The van der Waals surface area contributed by atoms with Gasteiger partial charge in [-0.15, -0.1) is 0 Å². The molecule has 0 radical (unpaired) electrons. The number of nitrogens with zero attached hydrogens (tertiary/aromatic N) is 1. The topological polar surface area (TPSA) is 35.5 Å². The van der Waals surface area contributed by atoms with Gasteiger partial charge in [0.2, 0.25) is 0 Å². The molecule has 1 aromatic rings. The molecule has 0 amide bonds. The summed E-state index contributed by atoms with van der Waals surface area (Å²) in [4.78, 5) is 2.28. The van der Waals surface area contributed by atoms with Crippen LogP contribution in [0.15, 0.2) is 18.2 Å². The third kappa shape index (κ3) is 4.68. The van der Waals surface area contributed by atoms with E-state index in [0.717, 1.165) is 37.3 Å². The minimum absolute atomic E-state index is 0.00672. The van der Waals surface area contributed by atoms with Gasteiger partial charge in [-0.3, -0.25) is 0 Å². The molecule has 124 valence electrons. The van der Waals surface area contributed by atoms with Crippen molar-refractivity contribution in [3.63, 3.8) is 0 Å². The van der Waals surface area contributed by atoms with E-state index in [9.17, 15) is 9.50 Å². The lowest BCUT2D eigenvalue weighted by Gasteiger charge is -2.27. The van der Waals surface area contributed by atoms with Crippen LogP contribution in [0.4, 0.5) is 10.1 Å². The molecule has 1 aliphatic heterocycles. The average Bonchev–Trinajstić information content (AvgIpc) is 2.92. The summed E-state index contributed by atoms with van der Waals surface area (Å²) in [5.41, 5.74) is 1.78. The van der Waals surface area contributed by atoms with E-state index in [1.807, 2.05) is 13.0 Å². The molecule has 0 aromatic heterocycles. The molecular weight excluding hydrogens is 279 g/mol. The van der Waals surface area contributed by atoms with Crippen molar-refractivity contribution in [1.82, 2.24) is 5.32 Å². The van der Waals surface area contributed by atoms with E-state index in [2.05, 4.69) is 24.1 Å². The Balaban J connectivity index is 2.00. The van der Waals surface area contributed by atoms with E-state index >= 15 is 0 Å². The van der Waals surface area contributed by atoms with Crippen molar-refractivity contribution >= 4 is 5.69 Å². The fourth-order valence-electron chi connectivity index (χ4n) is 3.37. The minimum atomic E-state index is -0.314. The predicted octanol–water partition coefficient (Wildman–Crippen LogP) is 3.31. The van der Waals surface area contributed by atoms with Gasteiger partial charge >= 0.3 is 0 Å². The summed E-state index contributed by atoms with van der Waals surface area (Å²) in [6.45, 7) is 9.37. The van der Waals surface area contributed by atoms with Gasteiger partial charge in [0, 0.05) is 37.4 Å². The van der Waals surface area contributed by atoms with Crippen molar-refractivity contribution in [1.29, 1.82) is 0 Å². The van der Waals surface area contributed by atoms with Gasteiger partial charge in [-0.05, 0) is 43.7 Å². The molecule has 2 rings (SSSR count). The maximum Gasteiger partial charge on any atom is 0.129 e. The van der Waals surface area contributed by atoms with Crippen LogP contribution in [0, 0.1) is 11.2 Å². The van der Waals surface area contributed by atoms with Gasteiger partial charge in [0.25, 0.3) is 0 Å². The monoisotopic (exact) mass is 308 g/mol. The van der Waals surface area contributed by atoms with Gasteiger partial charge in [0.15, 0.2) is 0 Å². The van der Waals surface area contributed by atoms with Crippen LogP contribution in [0.3, 0.4) is 0 Å². The van der Waals surface area contributed by atoms with Gasteiger partial charge in [-0.1, -0.05) is 19.9 Å². The smallest absolute Gasteiger partial charge is 0.129 e. The lowest BCUT2D eigenvalue weighted by atomic mass is 9.87. The summed E-state index contributed by atoms with van der Waals surface area (Å²) in [7, 11) is 0. The van der Waals surface area contributed by atoms with Crippen molar-refractivity contribution in [3.05, 3.63) is 29.6 Å². The molecule has 1 unspecified atom stereocenters. The van der Waals surface area contributed by atoms with E-state index in [0.29, 0.717) is 6.54 Å². The maximum atomic E-state index is 14.2. The van der Waals surface area contributed by atoms with Crippen LogP contribution >= 0.6 is 0 Å². The zero-order valence-electron chi connectivity index (χ0n) is 14.0.